The Kier molecular flexibility index (Phi) is 3.65. The van der Waals surface area contributed by atoms with Crippen molar-refractivity contribution in [2.45, 2.75) is 12.8 Å². The molecule has 1 fully saturated rings. The van der Waals surface area contributed by atoms with Gasteiger partial charge in [-0.1, -0.05) is 23.7 Å². The van der Waals surface area contributed by atoms with E-state index < -0.39 is 0 Å². The summed E-state index contributed by atoms with van der Waals surface area (Å²) < 4.78 is 0. The minimum Gasteiger partial charge on any atom is -0.337 e. The van der Waals surface area contributed by atoms with Gasteiger partial charge in [0, 0.05) is 23.7 Å². The predicted molar refractivity (Wildman–Crippen MR) is 77.6 cm³/mol. The highest BCUT2D eigenvalue weighted by atomic mass is 35.5. The van der Waals surface area contributed by atoms with Crippen molar-refractivity contribution in [1.82, 2.24) is 14.9 Å². The van der Waals surface area contributed by atoms with E-state index in [2.05, 4.69) is 9.97 Å². The SMILES string of the molecule is O=C(c1cc(-c2cccc(Cl)c2)ncn1)N1CCCC1. The highest BCUT2D eigenvalue weighted by Gasteiger charge is 2.21. The fraction of sp³-hybridized carbons (Fsp3) is 0.267. The molecule has 4 nitrogen and oxygen atoms in total. The molecule has 0 radical (unpaired) electrons. The summed E-state index contributed by atoms with van der Waals surface area (Å²) in [6, 6.07) is 9.14. The van der Waals surface area contributed by atoms with Crippen LogP contribution < -0.4 is 0 Å². The van der Waals surface area contributed by atoms with Crippen LogP contribution in [0.2, 0.25) is 5.02 Å². The van der Waals surface area contributed by atoms with Crippen molar-refractivity contribution in [2.75, 3.05) is 13.1 Å². The predicted octanol–water partition coefficient (Wildman–Crippen LogP) is 3.03. The number of hydrogen-bond donors (Lipinski definition) is 0. The number of hydrogen-bond acceptors (Lipinski definition) is 3. The van der Waals surface area contributed by atoms with Crippen molar-refractivity contribution >= 4 is 17.5 Å². The summed E-state index contributed by atoms with van der Waals surface area (Å²) in [5.74, 6) is -0.0202. The summed E-state index contributed by atoms with van der Waals surface area (Å²) in [4.78, 5) is 22.5. The zero-order valence-electron chi connectivity index (χ0n) is 10.9. The summed E-state index contributed by atoms with van der Waals surface area (Å²) in [6.45, 7) is 1.63. The third-order valence-corrected chi connectivity index (χ3v) is 3.63. The average molecular weight is 288 g/mol. The van der Waals surface area contributed by atoms with E-state index in [1.165, 1.54) is 6.33 Å². The van der Waals surface area contributed by atoms with Gasteiger partial charge in [0.25, 0.3) is 5.91 Å². The third kappa shape index (κ3) is 2.65. The maximum Gasteiger partial charge on any atom is 0.272 e. The Morgan fingerprint density at radius 1 is 1.15 bits per heavy atom. The van der Waals surface area contributed by atoms with Gasteiger partial charge in [-0.05, 0) is 31.0 Å². The lowest BCUT2D eigenvalue weighted by molar-refractivity contribution is 0.0787. The summed E-state index contributed by atoms with van der Waals surface area (Å²) in [6.07, 6.45) is 3.56. The van der Waals surface area contributed by atoms with E-state index in [-0.39, 0.29) is 5.91 Å². The van der Waals surface area contributed by atoms with Crippen LogP contribution >= 0.6 is 11.6 Å². The maximum absolute atomic E-state index is 12.3. The summed E-state index contributed by atoms with van der Waals surface area (Å²) in [7, 11) is 0. The van der Waals surface area contributed by atoms with Gasteiger partial charge < -0.3 is 4.90 Å². The fourth-order valence-corrected chi connectivity index (χ4v) is 2.55. The van der Waals surface area contributed by atoms with Crippen LogP contribution in [0.4, 0.5) is 0 Å². The van der Waals surface area contributed by atoms with Crippen LogP contribution in [-0.2, 0) is 0 Å². The molecular weight excluding hydrogens is 274 g/mol. The Morgan fingerprint density at radius 2 is 1.95 bits per heavy atom. The second kappa shape index (κ2) is 5.59. The van der Waals surface area contributed by atoms with Gasteiger partial charge in [0.15, 0.2) is 0 Å². The van der Waals surface area contributed by atoms with Gasteiger partial charge in [-0.3, -0.25) is 4.79 Å². The molecule has 2 aromatic rings. The van der Waals surface area contributed by atoms with Crippen molar-refractivity contribution < 1.29 is 4.79 Å². The molecule has 0 N–H and O–H groups in total. The average Bonchev–Trinajstić information content (AvgIpc) is 3.01. The molecule has 1 saturated heterocycles. The van der Waals surface area contributed by atoms with E-state index >= 15 is 0 Å². The molecule has 102 valence electrons. The van der Waals surface area contributed by atoms with Crippen LogP contribution in [0.1, 0.15) is 23.3 Å². The lowest BCUT2D eigenvalue weighted by Gasteiger charge is -2.14. The maximum atomic E-state index is 12.3. The van der Waals surface area contributed by atoms with E-state index in [0.717, 1.165) is 31.5 Å². The van der Waals surface area contributed by atoms with Crippen LogP contribution in [0.15, 0.2) is 36.7 Å². The zero-order chi connectivity index (χ0) is 13.9. The van der Waals surface area contributed by atoms with Crippen LogP contribution in [-0.4, -0.2) is 33.9 Å². The van der Waals surface area contributed by atoms with Gasteiger partial charge in [-0.15, -0.1) is 0 Å². The monoisotopic (exact) mass is 287 g/mol. The third-order valence-electron chi connectivity index (χ3n) is 3.40. The first-order valence-corrected chi connectivity index (χ1v) is 6.99. The lowest BCUT2D eigenvalue weighted by Crippen LogP contribution is -2.28. The second-order valence-electron chi connectivity index (χ2n) is 4.80. The standard InChI is InChI=1S/C15H14ClN3O/c16-12-5-3-4-11(8-12)13-9-14(18-10-17-13)15(20)19-6-1-2-7-19/h3-5,8-10H,1-2,6-7H2. The number of carbonyl (C=O) groups excluding carboxylic acids is 1. The lowest BCUT2D eigenvalue weighted by atomic mass is 10.1. The van der Waals surface area contributed by atoms with Gasteiger partial charge in [-0.25, -0.2) is 9.97 Å². The first kappa shape index (κ1) is 13.1. The van der Waals surface area contributed by atoms with E-state index in [0.29, 0.717) is 16.4 Å². The molecule has 1 aliphatic rings. The molecule has 0 aliphatic carbocycles. The van der Waals surface area contributed by atoms with Gasteiger partial charge in [-0.2, -0.15) is 0 Å². The van der Waals surface area contributed by atoms with E-state index in [4.69, 9.17) is 11.6 Å². The van der Waals surface area contributed by atoms with E-state index in [9.17, 15) is 4.79 Å². The molecule has 1 aliphatic heterocycles. The number of rotatable bonds is 2. The molecule has 0 saturated carbocycles. The quantitative estimate of drug-likeness (QED) is 0.853. The summed E-state index contributed by atoms with van der Waals surface area (Å²) >= 11 is 5.98. The largest absolute Gasteiger partial charge is 0.337 e. The number of aromatic nitrogens is 2. The van der Waals surface area contributed by atoms with Gasteiger partial charge in [0.1, 0.15) is 12.0 Å². The number of benzene rings is 1. The van der Waals surface area contributed by atoms with E-state index in [1.807, 2.05) is 29.2 Å². The van der Waals surface area contributed by atoms with Crippen molar-refractivity contribution in [1.29, 1.82) is 0 Å². The minimum atomic E-state index is -0.0202. The normalized spacial score (nSPS) is 14.6. The number of amides is 1. The Hall–Kier alpha value is -1.94. The summed E-state index contributed by atoms with van der Waals surface area (Å²) in [5.41, 5.74) is 2.04. The highest BCUT2D eigenvalue weighted by Crippen LogP contribution is 2.21. The van der Waals surface area contributed by atoms with Crippen LogP contribution in [0.25, 0.3) is 11.3 Å². The van der Waals surface area contributed by atoms with Crippen LogP contribution in [0.3, 0.4) is 0 Å². The van der Waals surface area contributed by atoms with Gasteiger partial charge in [0.05, 0.1) is 5.69 Å². The molecular formula is C15H14ClN3O. The molecule has 1 amide bonds. The highest BCUT2D eigenvalue weighted by molar-refractivity contribution is 6.30. The Labute approximate surface area is 122 Å². The molecule has 0 atom stereocenters. The molecule has 0 unspecified atom stereocenters. The fourth-order valence-electron chi connectivity index (χ4n) is 2.36. The van der Waals surface area contributed by atoms with Crippen molar-refractivity contribution in [3.63, 3.8) is 0 Å². The van der Waals surface area contributed by atoms with Gasteiger partial charge >= 0.3 is 0 Å². The molecule has 3 rings (SSSR count). The second-order valence-corrected chi connectivity index (χ2v) is 5.23. The Bertz CT molecular complexity index is 639. The topological polar surface area (TPSA) is 46.1 Å². The molecule has 20 heavy (non-hydrogen) atoms. The number of halogens is 1. The summed E-state index contributed by atoms with van der Waals surface area (Å²) in [5, 5.41) is 0.647. The molecule has 0 bridgehead atoms. The van der Waals surface area contributed by atoms with E-state index in [1.54, 1.807) is 6.07 Å². The Morgan fingerprint density at radius 3 is 2.70 bits per heavy atom. The van der Waals surface area contributed by atoms with Crippen molar-refractivity contribution in [3.05, 3.63) is 47.4 Å². The van der Waals surface area contributed by atoms with Gasteiger partial charge in [0.2, 0.25) is 0 Å². The van der Waals surface area contributed by atoms with Crippen molar-refractivity contribution in [3.8, 4) is 11.3 Å². The molecule has 1 aromatic carbocycles. The number of likely N-dealkylation sites (tertiary alicyclic amines) is 1. The molecule has 0 spiro atoms. The van der Waals surface area contributed by atoms with Crippen LogP contribution in [0.5, 0.6) is 0 Å². The minimum absolute atomic E-state index is 0.0202. The van der Waals surface area contributed by atoms with Crippen molar-refractivity contribution in [2.24, 2.45) is 0 Å². The molecule has 2 heterocycles. The molecule has 5 heteroatoms. The van der Waals surface area contributed by atoms with Crippen LogP contribution in [0, 0.1) is 0 Å². The first-order valence-electron chi connectivity index (χ1n) is 6.61. The first-order chi connectivity index (χ1) is 9.74. The zero-order valence-corrected chi connectivity index (χ0v) is 11.7. The number of nitrogens with zero attached hydrogens (tertiary/aromatic N) is 3. The smallest absolute Gasteiger partial charge is 0.272 e. The molecule has 1 aromatic heterocycles. The number of carbonyl (C=O) groups is 1. The Balaban J connectivity index is 1.91.